The predicted octanol–water partition coefficient (Wildman–Crippen LogP) is 2.89. The van der Waals surface area contributed by atoms with Crippen molar-refractivity contribution in [2.75, 3.05) is 21.2 Å². The van der Waals surface area contributed by atoms with Gasteiger partial charge in [-0.25, -0.2) is 12.7 Å². The average Bonchev–Trinajstić information content (AvgIpc) is 3.21. The Morgan fingerprint density at radius 1 is 1.23 bits per heavy atom. The first-order chi connectivity index (χ1) is 14.1. The van der Waals surface area contributed by atoms with Crippen LogP contribution in [0.25, 0.3) is 11.3 Å². The van der Waals surface area contributed by atoms with Gasteiger partial charge in [-0.15, -0.1) is 0 Å². The maximum atomic E-state index is 12.7. The number of ether oxygens (including phenoxy) is 1. The molecule has 0 radical (unpaired) electrons. The molecule has 8 nitrogen and oxygen atoms in total. The number of carbonyl (C=O) groups excluding carboxylic acids is 1. The number of aromatic nitrogens is 2. The summed E-state index contributed by atoms with van der Waals surface area (Å²) < 4.78 is 31.6. The third-order valence-corrected chi connectivity index (χ3v) is 7.90. The SMILES string of the molecule is COc1ccc(-c2cc(C(=O)NC3CCCC(C)C3C)[nH]n2)cc1S(=O)(=O)N(C)C. The largest absolute Gasteiger partial charge is 0.495 e. The number of H-pyrrole nitrogens is 1. The van der Waals surface area contributed by atoms with Gasteiger partial charge < -0.3 is 10.1 Å². The zero-order chi connectivity index (χ0) is 22.1. The summed E-state index contributed by atoms with van der Waals surface area (Å²) in [6, 6.07) is 6.60. The van der Waals surface area contributed by atoms with Crippen LogP contribution in [-0.4, -0.2) is 56.1 Å². The minimum Gasteiger partial charge on any atom is -0.495 e. The van der Waals surface area contributed by atoms with Crippen LogP contribution >= 0.6 is 0 Å². The molecule has 2 aromatic rings. The molecule has 1 heterocycles. The predicted molar refractivity (Wildman–Crippen MR) is 115 cm³/mol. The van der Waals surface area contributed by atoms with E-state index < -0.39 is 10.0 Å². The third-order valence-electron chi connectivity index (χ3n) is 6.06. The molecule has 1 aromatic carbocycles. The molecule has 0 aliphatic heterocycles. The fourth-order valence-electron chi connectivity index (χ4n) is 3.85. The van der Waals surface area contributed by atoms with Crippen molar-refractivity contribution < 1.29 is 17.9 Å². The van der Waals surface area contributed by atoms with Crippen LogP contribution in [0.4, 0.5) is 0 Å². The maximum absolute atomic E-state index is 12.7. The Bertz CT molecular complexity index is 1020. The van der Waals surface area contributed by atoms with Crippen molar-refractivity contribution in [3.8, 4) is 17.0 Å². The summed E-state index contributed by atoms with van der Waals surface area (Å²) in [4.78, 5) is 12.8. The van der Waals surface area contributed by atoms with Crippen molar-refractivity contribution in [1.29, 1.82) is 0 Å². The lowest BCUT2D eigenvalue weighted by molar-refractivity contribution is 0.0886. The molecule has 1 aliphatic carbocycles. The van der Waals surface area contributed by atoms with Crippen LogP contribution in [0.15, 0.2) is 29.2 Å². The number of hydrogen-bond donors (Lipinski definition) is 2. The molecule has 1 saturated carbocycles. The minimum atomic E-state index is -3.70. The van der Waals surface area contributed by atoms with Crippen molar-refractivity contribution in [3.05, 3.63) is 30.0 Å². The van der Waals surface area contributed by atoms with Crippen molar-refractivity contribution >= 4 is 15.9 Å². The lowest BCUT2D eigenvalue weighted by Crippen LogP contribution is -2.43. The van der Waals surface area contributed by atoms with Gasteiger partial charge in [-0.1, -0.05) is 26.7 Å². The normalized spacial score (nSPS) is 22.1. The number of nitrogens with zero attached hydrogens (tertiary/aromatic N) is 2. The molecule has 1 aliphatic rings. The maximum Gasteiger partial charge on any atom is 0.269 e. The van der Waals surface area contributed by atoms with Crippen LogP contribution in [0.5, 0.6) is 5.75 Å². The van der Waals surface area contributed by atoms with Crippen molar-refractivity contribution in [1.82, 2.24) is 19.8 Å². The van der Waals surface area contributed by atoms with Crippen molar-refractivity contribution in [2.45, 2.75) is 44.0 Å². The second kappa shape index (κ2) is 8.77. The lowest BCUT2D eigenvalue weighted by atomic mass is 9.78. The molecule has 1 fully saturated rings. The molecule has 1 aromatic heterocycles. The van der Waals surface area contributed by atoms with E-state index in [0.717, 1.165) is 17.1 Å². The van der Waals surface area contributed by atoms with Crippen LogP contribution in [0.1, 0.15) is 43.6 Å². The highest BCUT2D eigenvalue weighted by Crippen LogP contribution is 2.31. The highest BCUT2D eigenvalue weighted by atomic mass is 32.2. The van der Waals surface area contributed by atoms with Crippen molar-refractivity contribution in [3.63, 3.8) is 0 Å². The van der Waals surface area contributed by atoms with Gasteiger partial charge in [0.15, 0.2) is 0 Å². The zero-order valence-corrected chi connectivity index (χ0v) is 18.9. The van der Waals surface area contributed by atoms with Crippen LogP contribution in [0.2, 0.25) is 0 Å². The summed E-state index contributed by atoms with van der Waals surface area (Å²) in [5.41, 5.74) is 1.41. The van der Waals surface area contributed by atoms with E-state index in [2.05, 4.69) is 29.4 Å². The number of amides is 1. The van der Waals surface area contributed by atoms with E-state index in [0.29, 0.717) is 28.8 Å². The summed E-state index contributed by atoms with van der Waals surface area (Å²) in [7, 11) is 0.653. The molecular formula is C21H30N4O4S. The fourth-order valence-corrected chi connectivity index (χ4v) is 4.93. The Balaban J connectivity index is 1.85. The summed E-state index contributed by atoms with van der Waals surface area (Å²) in [5.74, 6) is 1.05. The van der Waals surface area contributed by atoms with Crippen LogP contribution in [0.3, 0.4) is 0 Å². The highest BCUT2D eigenvalue weighted by molar-refractivity contribution is 7.89. The number of aromatic amines is 1. The Labute approximate surface area is 178 Å². The molecule has 9 heteroatoms. The smallest absolute Gasteiger partial charge is 0.269 e. The molecule has 164 valence electrons. The van der Waals surface area contributed by atoms with E-state index >= 15 is 0 Å². The topological polar surface area (TPSA) is 104 Å². The second-order valence-electron chi connectivity index (χ2n) is 8.17. The van der Waals surface area contributed by atoms with Gasteiger partial charge in [-0.2, -0.15) is 5.10 Å². The van der Waals surface area contributed by atoms with Crippen LogP contribution in [0, 0.1) is 11.8 Å². The molecule has 3 rings (SSSR count). The van der Waals surface area contributed by atoms with Gasteiger partial charge in [0, 0.05) is 25.7 Å². The van der Waals surface area contributed by atoms with Gasteiger partial charge >= 0.3 is 0 Å². The monoisotopic (exact) mass is 434 g/mol. The Hall–Kier alpha value is -2.39. The van der Waals surface area contributed by atoms with Crippen molar-refractivity contribution in [2.24, 2.45) is 11.8 Å². The van der Waals surface area contributed by atoms with Crippen LogP contribution < -0.4 is 10.1 Å². The first kappa shape index (κ1) is 22.3. The van der Waals surface area contributed by atoms with Gasteiger partial charge in [0.05, 0.1) is 12.8 Å². The Morgan fingerprint density at radius 2 is 1.97 bits per heavy atom. The molecule has 3 unspecified atom stereocenters. The van der Waals surface area contributed by atoms with Gasteiger partial charge in [0.2, 0.25) is 10.0 Å². The molecule has 0 bridgehead atoms. The quantitative estimate of drug-likeness (QED) is 0.727. The second-order valence-corrected chi connectivity index (χ2v) is 10.3. The van der Waals surface area contributed by atoms with E-state index in [1.54, 1.807) is 18.2 Å². The number of hydrogen-bond acceptors (Lipinski definition) is 5. The molecule has 1 amide bonds. The fraction of sp³-hybridized carbons (Fsp3) is 0.524. The summed E-state index contributed by atoms with van der Waals surface area (Å²) >= 11 is 0. The Kier molecular flexibility index (Phi) is 6.52. The van der Waals surface area contributed by atoms with Gasteiger partial charge in [-0.05, 0) is 42.5 Å². The number of carbonyl (C=O) groups is 1. The standard InChI is InChI=1S/C21H30N4O4S/c1-13-7-6-8-16(14(13)2)22-21(26)18-12-17(23-24-18)15-9-10-19(29-5)20(11-15)30(27,28)25(3)4/h9-14,16H,6-8H2,1-5H3,(H,22,26)(H,23,24). The Morgan fingerprint density at radius 3 is 2.63 bits per heavy atom. The van der Waals surface area contributed by atoms with E-state index in [4.69, 9.17) is 4.74 Å². The first-order valence-electron chi connectivity index (χ1n) is 10.1. The number of nitrogens with one attached hydrogen (secondary N) is 2. The van der Waals surface area contributed by atoms with Gasteiger partial charge in [0.25, 0.3) is 5.91 Å². The lowest BCUT2D eigenvalue weighted by Gasteiger charge is -2.34. The molecule has 3 atom stereocenters. The number of methoxy groups -OCH3 is 1. The van der Waals surface area contributed by atoms with E-state index in [9.17, 15) is 13.2 Å². The van der Waals surface area contributed by atoms with E-state index in [1.165, 1.54) is 33.7 Å². The summed E-state index contributed by atoms with van der Waals surface area (Å²) in [6.45, 7) is 4.40. The number of benzene rings is 1. The van der Waals surface area contributed by atoms with E-state index in [-0.39, 0.29) is 22.6 Å². The molecular weight excluding hydrogens is 404 g/mol. The molecule has 0 saturated heterocycles. The molecule has 2 N–H and O–H groups in total. The van der Waals surface area contributed by atoms with Crippen LogP contribution in [-0.2, 0) is 10.0 Å². The summed E-state index contributed by atoms with van der Waals surface area (Å²) in [6.07, 6.45) is 3.28. The van der Waals surface area contributed by atoms with E-state index in [1.807, 2.05) is 0 Å². The molecule has 30 heavy (non-hydrogen) atoms. The van der Waals surface area contributed by atoms with Gasteiger partial charge in [-0.3, -0.25) is 9.89 Å². The average molecular weight is 435 g/mol. The minimum absolute atomic E-state index is 0.0477. The number of sulfonamides is 1. The number of rotatable bonds is 6. The third kappa shape index (κ3) is 4.37. The highest BCUT2D eigenvalue weighted by Gasteiger charge is 2.29. The summed E-state index contributed by atoms with van der Waals surface area (Å²) in [5, 5.41) is 10.1. The first-order valence-corrected chi connectivity index (χ1v) is 11.6. The zero-order valence-electron chi connectivity index (χ0n) is 18.1. The molecule has 0 spiro atoms. The van der Waals surface area contributed by atoms with Gasteiger partial charge in [0.1, 0.15) is 16.3 Å².